The second-order valence-electron chi connectivity index (χ2n) is 5.24. The third-order valence-corrected chi connectivity index (χ3v) is 3.35. The zero-order valence-electron chi connectivity index (χ0n) is 12.5. The van der Waals surface area contributed by atoms with Crippen LogP contribution in [0.3, 0.4) is 0 Å². The van der Waals surface area contributed by atoms with Crippen LogP contribution in [0.15, 0.2) is 28.9 Å². The molecule has 21 heavy (non-hydrogen) atoms. The van der Waals surface area contributed by atoms with Crippen molar-refractivity contribution in [2.24, 2.45) is 0 Å². The predicted octanol–water partition coefficient (Wildman–Crippen LogP) is 3.42. The summed E-state index contributed by atoms with van der Waals surface area (Å²) in [6.45, 7) is 5.60. The molecule has 0 aliphatic heterocycles. The van der Waals surface area contributed by atoms with Crippen LogP contribution < -0.4 is 5.32 Å². The molecule has 0 saturated heterocycles. The number of aromatic nitrogens is 1. The fraction of sp³-hybridized carbons (Fsp3) is 0.375. The molecule has 112 valence electrons. The highest BCUT2D eigenvalue weighted by Crippen LogP contribution is 2.21. The summed E-state index contributed by atoms with van der Waals surface area (Å²) in [5, 5.41) is 12.6. The van der Waals surface area contributed by atoms with E-state index in [1.165, 1.54) is 0 Å². The van der Waals surface area contributed by atoms with E-state index in [0.29, 0.717) is 11.4 Å². The van der Waals surface area contributed by atoms with Crippen molar-refractivity contribution in [3.8, 4) is 0 Å². The Kier molecular flexibility index (Phi) is 4.62. The summed E-state index contributed by atoms with van der Waals surface area (Å²) in [5.74, 6) is -0.0232. The third-order valence-electron chi connectivity index (χ3n) is 3.35. The lowest BCUT2D eigenvalue weighted by molar-refractivity contribution is 0.0696. The third kappa shape index (κ3) is 3.84. The van der Waals surface area contributed by atoms with Gasteiger partial charge in [-0.2, -0.15) is 0 Å². The van der Waals surface area contributed by atoms with Crippen LogP contribution in [0.25, 0.3) is 0 Å². The van der Waals surface area contributed by atoms with Crippen molar-refractivity contribution in [1.82, 2.24) is 4.98 Å². The molecular weight excluding hydrogens is 268 g/mol. The smallest absolute Gasteiger partial charge is 0.339 e. The highest BCUT2D eigenvalue weighted by Gasteiger charge is 2.16. The van der Waals surface area contributed by atoms with Gasteiger partial charge in [-0.15, -0.1) is 0 Å². The largest absolute Gasteiger partial charge is 0.478 e. The molecule has 1 atom stereocenters. The minimum atomic E-state index is -0.958. The summed E-state index contributed by atoms with van der Waals surface area (Å²) in [5.41, 5.74) is 2.20. The molecule has 1 unspecified atom stereocenters. The number of nitrogens with zero attached hydrogens (tertiary/aromatic N) is 1. The standard InChI is InChI=1S/C16H20N2O3/c1-10(6-7-13-5-4-8-21-13)18-14-9-11(2)17-12(3)15(14)16(19)20/h4-5,8-10H,6-7H2,1-3H3,(H,17,18)(H,19,20). The van der Waals surface area contributed by atoms with Gasteiger partial charge in [0.05, 0.1) is 17.6 Å². The number of furan rings is 1. The van der Waals surface area contributed by atoms with Gasteiger partial charge in [-0.1, -0.05) is 0 Å². The number of anilines is 1. The maximum Gasteiger partial charge on any atom is 0.339 e. The van der Waals surface area contributed by atoms with Crippen molar-refractivity contribution in [1.29, 1.82) is 0 Å². The summed E-state index contributed by atoms with van der Waals surface area (Å²) in [7, 11) is 0. The van der Waals surface area contributed by atoms with E-state index < -0.39 is 5.97 Å². The van der Waals surface area contributed by atoms with Gasteiger partial charge in [0.25, 0.3) is 0 Å². The monoisotopic (exact) mass is 288 g/mol. The van der Waals surface area contributed by atoms with E-state index in [1.54, 1.807) is 19.3 Å². The van der Waals surface area contributed by atoms with E-state index in [0.717, 1.165) is 24.3 Å². The second-order valence-corrected chi connectivity index (χ2v) is 5.24. The first kappa shape index (κ1) is 15.1. The highest BCUT2D eigenvalue weighted by molar-refractivity contribution is 5.95. The van der Waals surface area contributed by atoms with Gasteiger partial charge in [-0.3, -0.25) is 4.98 Å². The molecule has 0 spiro atoms. The number of nitrogens with one attached hydrogen (secondary N) is 1. The SMILES string of the molecule is Cc1cc(NC(C)CCc2ccco2)c(C(=O)O)c(C)n1. The maximum absolute atomic E-state index is 11.4. The van der Waals surface area contributed by atoms with Gasteiger partial charge in [0, 0.05) is 18.2 Å². The minimum Gasteiger partial charge on any atom is -0.478 e. The molecule has 0 fully saturated rings. The van der Waals surface area contributed by atoms with E-state index in [-0.39, 0.29) is 11.6 Å². The van der Waals surface area contributed by atoms with Gasteiger partial charge in [0.15, 0.2) is 0 Å². The topological polar surface area (TPSA) is 75.4 Å². The van der Waals surface area contributed by atoms with Gasteiger partial charge in [-0.25, -0.2) is 4.79 Å². The Bertz CT molecular complexity index is 621. The lowest BCUT2D eigenvalue weighted by atomic mass is 10.1. The lowest BCUT2D eigenvalue weighted by Crippen LogP contribution is -2.19. The van der Waals surface area contributed by atoms with Crippen LogP contribution in [0.2, 0.25) is 0 Å². The first-order valence-corrected chi connectivity index (χ1v) is 6.98. The molecule has 0 amide bonds. The number of carbonyl (C=O) groups is 1. The van der Waals surface area contributed by atoms with Gasteiger partial charge >= 0.3 is 5.97 Å². The molecule has 2 rings (SSSR count). The zero-order valence-corrected chi connectivity index (χ0v) is 12.5. The van der Waals surface area contributed by atoms with Crippen LogP contribution in [-0.2, 0) is 6.42 Å². The van der Waals surface area contributed by atoms with Crippen LogP contribution in [0.1, 0.15) is 40.9 Å². The number of aromatic carboxylic acids is 1. The number of hydrogen-bond donors (Lipinski definition) is 2. The van der Waals surface area contributed by atoms with Crippen molar-refractivity contribution in [2.45, 2.75) is 39.7 Å². The number of carboxylic acids is 1. The summed E-state index contributed by atoms with van der Waals surface area (Å²) in [4.78, 5) is 15.6. The highest BCUT2D eigenvalue weighted by atomic mass is 16.4. The Morgan fingerprint density at radius 3 is 2.86 bits per heavy atom. The molecule has 0 aliphatic carbocycles. The predicted molar refractivity (Wildman–Crippen MR) is 80.8 cm³/mol. The van der Waals surface area contributed by atoms with Crippen molar-refractivity contribution < 1.29 is 14.3 Å². The molecule has 0 bridgehead atoms. The second kappa shape index (κ2) is 6.43. The zero-order chi connectivity index (χ0) is 15.4. The van der Waals surface area contributed by atoms with Crippen LogP contribution in [0, 0.1) is 13.8 Å². The van der Waals surface area contributed by atoms with Gasteiger partial charge in [-0.05, 0) is 45.4 Å². The first-order chi connectivity index (χ1) is 9.97. The summed E-state index contributed by atoms with van der Waals surface area (Å²) >= 11 is 0. The molecule has 2 aromatic rings. The van der Waals surface area contributed by atoms with E-state index in [1.807, 2.05) is 26.0 Å². The van der Waals surface area contributed by atoms with Gasteiger partial charge in [0.2, 0.25) is 0 Å². The Labute approximate surface area is 124 Å². The lowest BCUT2D eigenvalue weighted by Gasteiger charge is -2.18. The molecule has 2 N–H and O–H groups in total. The number of carboxylic acid groups (broad SMARTS) is 1. The summed E-state index contributed by atoms with van der Waals surface area (Å²) in [6.07, 6.45) is 3.32. The molecule has 0 aromatic carbocycles. The van der Waals surface area contributed by atoms with Crippen molar-refractivity contribution in [2.75, 3.05) is 5.32 Å². The normalized spacial score (nSPS) is 12.1. The summed E-state index contributed by atoms with van der Waals surface area (Å²) < 4.78 is 5.30. The Morgan fingerprint density at radius 2 is 2.24 bits per heavy atom. The minimum absolute atomic E-state index is 0.134. The molecule has 5 heteroatoms. The van der Waals surface area contributed by atoms with E-state index in [9.17, 15) is 9.90 Å². The van der Waals surface area contributed by atoms with Crippen molar-refractivity contribution in [3.05, 3.63) is 47.2 Å². The van der Waals surface area contributed by atoms with Crippen LogP contribution in [-0.4, -0.2) is 22.1 Å². The fourth-order valence-electron chi connectivity index (χ4n) is 2.36. The fourth-order valence-corrected chi connectivity index (χ4v) is 2.36. The number of hydrogen-bond acceptors (Lipinski definition) is 4. The van der Waals surface area contributed by atoms with Gasteiger partial charge in [0.1, 0.15) is 11.3 Å². The number of pyridine rings is 1. The van der Waals surface area contributed by atoms with E-state index in [2.05, 4.69) is 10.3 Å². The maximum atomic E-state index is 11.4. The molecule has 0 saturated carbocycles. The van der Waals surface area contributed by atoms with Crippen LogP contribution >= 0.6 is 0 Å². The molecule has 0 aliphatic rings. The first-order valence-electron chi connectivity index (χ1n) is 6.98. The molecule has 5 nitrogen and oxygen atoms in total. The van der Waals surface area contributed by atoms with Crippen LogP contribution in [0.5, 0.6) is 0 Å². The average molecular weight is 288 g/mol. The molecule has 0 radical (unpaired) electrons. The quantitative estimate of drug-likeness (QED) is 0.851. The number of aryl methyl sites for hydroxylation is 3. The number of rotatable bonds is 6. The average Bonchev–Trinajstić information content (AvgIpc) is 2.87. The molecule has 2 heterocycles. The molecular formula is C16H20N2O3. The van der Waals surface area contributed by atoms with Crippen molar-refractivity contribution in [3.63, 3.8) is 0 Å². The molecule has 2 aromatic heterocycles. The van der Waals surface area contributed by atoms with E-state index >= 15 is 0 Å². The Balaban J connectivity index is 2.09. The Morgan fingerprint density at radius 1 is 1.48 bits per heavy atom. The summed E-state index contributed by atoms with van der Waals surface area (Å²) in [6, 6.07) is 5.72. The van der Waals surface area contributed by atoms with Crippen LogP contribution in [0.4, 0.5) is 5.69 Å². The van der Waals surface area contributed by atoms with Gasteiger partial charge < -0.3 is 14.8 Å². The Hall–Kier alpha value is -2.30. The van der Waals surface area contributed by atoms with E-state index in [4.69, 9.17) is 4.42 Å². The van der Waals surface area contributed by atoms with Crippen molar-refractivity contribution >= 4 is 11.7 Å².